The van der Waals surface area contributed by atoms with E-state index in [9.17, 15) is 14.0 Å². The van der Waals surface area contributed by atoms with Gasteiger partial charge >= 0.3 is 11.9 Å². The Hall–Kier alpha value is -1.91. The van der Waals surface area contributed by atoms with Gasteiger partial charge in [-0.05, 0) is 30.9 Å². The summed E-state index contributed by atoms with van der Waals surface area (Å²) in [6.45, 7) is 0.442. The molecule has 0 N–H and O–H groups in total. The first-order valence-corrected chi connectivity index (χ1v) is 7.75. The average molecular weight is 308 g/mol. The lowest BCUT2D eigenvalue weighted by atomic mass is 9.90. The van der Waals surface area contributed by atoms with Crippen molar-refractivity contribution in [2.45, 2.75) is 44.9 Å². The molecule has 2 rings (SSSR count). The van der Waals surface area contributed by atoms with Crippen molar-refractivity contribution in [2.75, 3.05) is 6.61 Å². The number of hydrogen-bond acceptors (Lipinski definition) is 4. The summed E-state index contributed by atoms with van der Waals surface area (Å²) >= 11 is 0. The standard InChI is InChI=1S/C17H21FO4/c18-14-7-4-8-15(11-14)22-17(20)10-9-16(19)21-12-13-5-2-1-3-6-13/h4,7-8,11,13H,1-3,5-6,9-10,12H2. The summed E-state index contributed by atoms with van der Waals surface area (Å²) < 4.78 is 23.1. The van der Waals surface area contributed by atoms with Gasteiger partial charge in [-0.3, -0.25) is 9.59 Å². The van der Waals surface area contributed by atoms with Crippen LogP contribution in [0.15, 0.2) is 24.3 Å². The molecule has 4 nitrogen and oxygen atoms in total. The molecule has 120 valence electrons. The zero-order valence-corrected chi connectivity index (χ0v) is 12.6. The highest BCUT2D eigenvalue weighted by molar-refractivity contribution is 5.78. The van der Waals surface area contributed by atoms with Gasteiger partial charge in [0.05, 0.1) is 19.4 Å². The van der Waals surface area contributed by atoms with Crippen LogP contribution in [-0.4, -0.2) is 18.5 Å². The second-order valence-corrected chi connectivity index (χ2v) is 5.62. The summed E-state index contributed by atoms with van der Waals surface area (Å²) in [5.74, 6) is -0.836. The predicted octanol–water partition coefficient (Wildman–Crippen LogP) is 3.63. The topological polar surface area (TPSA) is 52.6 Å². The highest BCUT2D eigenvalue weighted by atomic mass is 19.1. The summed E-state index contributed by atoms with van der Waals surface area (Å²) in [6.07, 6.45) is 5.78. The number of carbonyl (C=O) groups is 2. The molecule has 0 amide bonds. The molecule has 1 aromatic carbocycles. The molecule has 0 aliphatic heterocycles. The van der Waals surface area contributed by atoms with Crippen LogP contribution in [0.3, 0.4) is 0 Å². The SMILES string of the molecule is O=C(CCC(=O)Oc1cccc(F)c1)OCC1CCCCC1. The minimum atomic E-state index is -0.569. The van der Waals surface area contributed by atoms with Crippen LogP contribution in [-0.2, 0) is 14.3 Å². The minimum Gasteiger partial charge on any atom is -0.465 e. The third-order valence-corrected chi connectivity index (χ3v) is 3.77. The zero-order chi connectivity index (χ0) is 15.8. The number of halogens is 1. The fraction of sp³-hybridized carbons (Fsp3) is 0.529. The number of benzene rings is 1. The Bertz CT molecular complexity index is 509. The highest BCUT2D eigenvalue weighted by Crippen LogP contribution is 2.23. The lowest BCUT2D eigenvalue weighted by Crippen LogP contribution is -2.18. The van der Waals surface area contributed by atoms with Crippen molar-refractivity contribution in [1.29, 1.82) is 0 Å². The van der Waals surface area contributed by atoms with E-state index in [0.717, 1.165) is 18.9 Å². The molecule has 22 heavy (non-hydrogen) atoms. The Kier molecular flexibility index (Phi) is 6.37. The quantitative estimate of drug-likeness (QED) is 0.595. The molecule has 1 aliphatic carbocycles. The van der Waals surface area contributed by atoms with Gasteiger partial charge in [0, 0.05) is 6.07 Å². The van der Waals surface area contributed by atoms with Crippen molar-refractivity contribution in [2.24, 2.45) is 5.92 Å². The minimum absolute atomic E-state index is 0.0130. The summed E-state index contributed by atoms with van der Waals surface area (Å²) in [7, 11) is 0. The van der Waals surface area contributed by atoms with Gasteiger partial charge < -0.3 is 9.47 Å². The van der Waals surface area contributed by atoms with Gasteiger partial charge in [-0.15, -0.1) is 0 Å². The Morgan fingerprint density at radius 1 is 1.09 bits per heavy atom. The number of esters is 2. The van der Waals surface area contributed by atoms with E-state index in [0.29, 0.717) is 12.5 Å². The Morgan fingerprint density at radius 2 is 1.82 bits per heavy atom. The lowest BCUT2D eigenvalue weighted by Gasteiger charge is -2.20. The molecule has 1 aliphatic rings. The van der Waals surface area contributed by atoms with Crippen LogP contribution in [0.25, 0.3) is 0 Å². The summed E-state index contributed by atoms with van der Waals surface area (Å²) in [4.78, 5) is 23.2. The fourth-order valence-corrected chi connectivity index (χ4v) is 2.55. The molecule has 1 saturated carbocycles. The van der Waals surface area contributed by atoms with E-state index >= 15 is 0 Å². The second kappa shape index (κ2) is 8.51. The molecule has 0 heterocycles. The van der Waals surface area contributed by atoms with E-state index in [1.807, 2.05) is 0 Å². The number of carbonyl (C=O) groups excluding carboxylic acids is 2. The molecule has 0 bridgehead atoms. The normalized spacial score (nSPS) is 15.3. The van der Waals surface area contributed by atoms with Crippen molar-refractivity contribution in [1.82, 2.24) is 0 Å². The van der Waals surface area contributed by atoms with Crippen LogP contribution in [0, 0.1) is 11.7 Å². The summed E-state index contributed by atoms with van der Waals surface area (Å²) in [5, 5.41) is 0. The molecule has 0 radical (unpaired) electrons. The zero-order valence-electron chi connectivity index (χ0n) is 12.6. The first-order valence-electron chi connectivity index (χ1n) is 7.75. The van der Waals surface area contributed by atoms with Gasteiger partial charge in [-0.1, -0.05) is 25.3 Å². The molecule has 0 saturated heterocycles. The van der Waals surface area contributed by atoms with Crippen LogP contribution in [0.2, 0.25) is 0 Å². The van der Waals surface area contributed by atoms with Gasteiger partial charge in [-0.2, -0.15) is 0 Å². The maximum Gasteiger partial charge on any atom is 0.311 e. The number of rotatable bonds is 6. The van der Waals surface area contributed by atoms with Crippen molar-refractivity contribution >= 4 is 11.9 Å². The van der Waals surface area contributed by atoms with Gasteiger partial charge in [0.2, 0.25) is 0 Å². The van der Waals surface area contributed by atoms with E-state index in [1.54, 1.807) is 0 Å². The molecule has 5 heteroatoms. The molecular formula is C17H21FO4. The largest absolute Gasteiger partial charge is 0.465 e. The summed E-state index contributed by atoms with van der Waals surface area (Å²) in [5.41, 5.74) is 0. The molecule has 1 aromatic rings. The smallest absolute Gasteiger partial charge is 0.311 e. The Balaban J connectivity index is 1.64. The maximum absolute atomic E-state index is 12.9. The predicted molar refractivity (Wildman–Crippen MR) is 78.8 cm³/mol. The van der Waals surface area contributed by atoms with Crippen LogP contribution >= 0.6 is 0 Å². The fourth-order valence-electron chi connectivity index (χ4n) is 2.55. The van der Waals surface area contributed by atoms with E-state index < -0.39 is 11.8 Å². The van der Waals surface area contributed by atoms with Crippen molar-refractivity contribution in [3.8, 4) is 5.75 Å². The van der Waals surface area contributed by atoms with Crippen LogP contribution < -0.4 is 4.74 Å². The van der Waals surface area contributed by atoms with Crippen molar-refractivity contribution < 1.29 is 23.5 Å². The molecule has 1 fully saturated rings. The van der Waals surface area contributed by atoms with Gasteiger partial charge in [0.15, 0.2) is 0 Å². The van der Waals surface area contributed by atoms with E-state index in [1.165, 1.54) is 37.5 Å². The van der Waals surface area contributed by atoms with Gasteiger partial charge in [0.1, 0.15) is 11.6 Å². The first kappa shape index (κ1) is 16.5. The van der Waals surface area contributed by atoms with Gasteiger partial charge in [0.25, 0.3) is 0 Å². The van der Waals surface area contributed by atoms with Crippen LogP contribution in [0.1, 0.15) is 44.9 Å². The Morgan fingerprint density at radius 3 is 2.55 bits per heavy atom. The van der Waals surface area contributed by atoms with Crippen LogP contribution in [0.5, 0.6) is 5.75 Å². The average Bonchev–Trinajstić information content (AvgIpc) is 2.52. The molecule has 0 spiro atoms. The van der Waals surface area contributed by atoms with E-state index in [-0.39, 0.29) is 24.6 Å². The van der Waals surface area contributed by atoms with Crippen LogP contribution in [0.4, 0.5) is 4.39 Å². The second-order valence-electron chi connectivity index (χ2n) is 5.62. The summed E-state index contributed by atoms with van der Waals surface area (Å²) in [6, 6.07) is 5.33. The van der Waals surface area contributed by atoms with Gasteiger partial charge in [-0.25, -0.2) is 4.39 Å². The number of ether oxygens (including phenoxy) is 2. The molecule has 0 atom stereocenters. The number of hydrogen-bond donors (Lipinski definition) is 0. The van der Waals surface area contributed by atoms with Crippen molar-refractivity contribution in [3.63, 3.8) is 0 Å². The molecular weight excluding hydrogens is 287 g/mol. The Labute approximate surface area is 129 Å². The van der Waals surface area contributed by atoms with E-state index in [4.69, 9.17) is 9.47 Å². The maximum atomic E-state index is 12.9. The monoisotopic (exact) mass is 308 g/mol. The first-order chi connectivity index (χ1) is 10.6. The lowest BCUT2D eigenvalue weighted by molar-refractivity contribution is -0.148. The van der Waals surface area contributed by atoms with E-state index in [2.05, 4.69) is 0 Å². The molecule has 0 unspecified atom stereocenters. The highest BCUT2D eigenvalue weighted by Gasteiger charge is 2.16. The third kappa shape index (κ3) is 5.84. The third-order valence-electron chi connectivity index (χ3n) is 3.77. The molecule has 0 aromatic heterocycles. The van der Waals surface area contributed by atoms with Crippen molar-refractivity contribution in [3.05, 3.63) is 30.1 Å².